The normalized spacial score (nSPS) is 12.4. The highest BCUT2D eigenvalue weighted by Gasteiger charge is 2.12. The molecule has 0 fully saturated rings. The molecule has 0 aliphatic rings. The van der Waals surface area contributed by atoms with E-state index < -0.39 is 10.8 Å². The van der Waals surface area contributed by atoms with E-state index in [1.165, 1.54) is 12.1 Å². The van der Waals surface area contributed by atoms with Crippen molar-refractivity contribution in [1.82, 2.24) is 0 Å². The second kappa shape index (κ2) is 4.90. The number of phenols is 1. The maximum absolute atomic E-state index is 12.2. The summed E-state index contributed by atoms with van der Waals surface area (Å²) in [5.41, 5.74) is 1.10. The molecule has 0 aromatic heterocycles. The van der Waals surface area contributed by atoms with Crippen molar-refractivity contribution in [2.24, 2.45) is 0 Å². The zero-order valence-corrected chi connectivity index (χ0v) is 10.8. The fourth-order valence-corrected chi connectivity index (χ4v) is 2.79. The van der Waals surface area contributed by atoms with Gasteiger partial charge in [0.15, 0.2) is 0 Å². The third kappa shape index (κ3) is 2.68. The maximum Gasteiger partial charge on any atom is 0.132 e. The molecule has 17 heavy (non-hydrogen) atoms. The van der Waals surface area contributed by atoms with Crippen molar-refractivity contribution in [3.05, 3.63) is 53.1 Å². The van der Waals surface area contributed by atoms with Crippen LogP contribution in [0.4, 0.5) is 0 Å². The van der Waals surface area contributed by atoms with Gasteiger partial charge in [-0.1, -0.05) is 29.3 Å². The molecule has 0 aliphatic carbocycles. The molecule has 0 saturated carbocycles. The van der Waals surface area contributed by atoms with Crippen LogP contribution in [-0.4, -0.2) is 9.32 Å². The van der Waals surface area contributed by atoms with Crippen LogP contribution in [0.1, 0.15) is 5.56 Å². The van der Waals surface area contributed by atoms with Crippen LogP contribution in [-0.2, 0) is 10.8 Å². The number of aromatic hydroxyl groups is 1. The van der Waals surface area contributed by atoms with Crippen molar-refractivity contribution < 1.29 is 9.32 Å². The van der Waals surface area contributed by atoms with E-state index in [-0.39, 0.29) is 5.75 Å². The smallest absolute Gasteiger partial charge is 0.132 e. The van der Waals surface area contributed by atoms with Gasteiger partial charge >= 0.3 is 0 Å². The minimum atomic E-state index is -1.41. The molecular formula is C13H11ClO2S. The van der Waals surface area contributed by atoms with E-state index in [0.29, 0.717) is 14.8 Å². The van der Waals surface area contributed by atoms with Crippen LogP contribution in [0, 0.1) is 6.92 Å². The third-order valence-corrected chi connectivity index (χ3v) is 4.02. The predicted octanol–water partition coefficient (Wildman–Crippen LogP) is 3.52. The molecule has 0 radical (unpaired) electrons. The first kappa shape index (κ1) is 12.1. The molecule has 0 saturated heterocycles. The van der Waals surface area contributed by atoms with Gasteiger partial charge in [-0.05, 0) is 37.3 Å². The summed E-state index contributed by atoms with van der Waals surface area (Å²) < 4.78 is 12.2. The lowest BCUT2D eigenvalue weighted by Gasteiger charge is -2.05. The van der Waals surface area contributed by atoms with Gasteiger partial charge in [-0.25, -0.2) is 4.21 Å². The lowest BCUT2D eigenvalue weighted by molar-refractivity contribution is 0.461. The van der Waals surface area contributed by atoms with Gasteiger partial charge in [0.05, 0.1) is 15.7 Å². The molecule has 88 valence electrons. The van der Waals surface area contributed by atoms with E-state index in [1.807, 2.05) is 19.1 Å². The van der Waals surface area contributed by atoms with Crippen LogP contribution in [0.5, 0.6) is 5.75 Å². The highest BCUT2D eigenvalue weighted by Crippen LogP contribution is 2.28. The average molecular weight is 267 g/mol. The SMILES string of the molecule is Cc1ccc(S(=O)c2cc(Cl)ccc2O)cc1. The number of hydrogen-bond acceptors (Lipinski definition) is 2. The molecule has 2 aromatic carbocycles. The molecule has 1 N–H and O–H groups in total. The van der Waals surface area contributed by atoms with E-state index in [0.717, 1.165) is 5.56 Å². The fraction of sp³-hybridized carbons (Fsp3) is 0.0769. The summed E-state index contributed by atoms with van der Waals surface area (Å²) >= 11 is 5.83. The van der Waals surface area contributed by atoms with Crippen LogP contribution in [0.2, 0.25) is 5.02 Å². The van der Waals surface area contributed by atoms with Crippen LogP contribution >= 0.6 is 11.6 Å². The minimum absolute atomic E-state index is 0.00620. The number of benzene rings is 2. The number of aryl methyl sites for hydroxylation is 1. The zero-order chi connectivity index (χ0) is 12.4. The molecule has 0 heterocycles. The third-order valence-electron chi connectivity index (χ3n) is 2.36. The van der Waals surface area contributed by atoms with E-state index >= 15 is 0 Å². The van der Waals surface area contributed by atoms with Gasteiger partial charge in [-0.15, -0.1) is 0 Å². The Labute approximate surface area is 107 Å². The first-order valence-corrected chi connectivity index (χ1v) is 6.57. The summed E-state index contributed by atoms with van der Waals surface area (Å²) in [7, 11) is -1.41. The van der Waals surface area contributed by atoms with Crippen LogP contribution in [0.3, 0.4) is 0 Å². The lowest BCUT2D eigenvalue weighted by Crippen LogP contribution is -1.93. The number of rotatable bonds is 2. The van der Waals surface area contributed by atoms with Gasteiger partial charge in [-0.2, -0.15) is 0 Å². The van der Waals surface area contributed by atoms with Gasteiger partial charge in [-0.3, -0.25) is 0 Å². The molecule has 0 spiro atoms. The molecule has 1 atom stereocenters. The standard InChI is InChI=1S/C13H11ClO2S/c1-9-2-5-11(6-3-9)17(16)13-8-10(14)4-7-12(13)15/h2-8,15H,1H3. The van der Waals surface area contributed by atoms with Gasteiger partial charge in [0.1, 0.15) is 5.75 Å². The largest absolute Gasteiger partial charge is 0.507 e. The summed E-state index contributed by atoms with van der Waals surface area (Å²) in [5, 5.41) is 10.1. The highest BCUT2D eigenvalue weighted by molar-refractivity contribution is 7.85. The second-order valence-corrected chi connectivity index (χ2v) is 5.58. The Morgan fingerprint density at radius 2 is 1.76 bits per heavy atom. The molecule has 2 aromatic rings. The summed E-state index contributed by atoms with van der Waals surface area (Å²) in [6, 6.07) is 11.9. The Morgan fingerprint density at radius 1 is 1.12 bits per heavy atom. The number of halogens is 1. The topological polar surface area (TPSA) is 37.3 Å². The highest BCUT2D eigenvalue weighted by atomic mass is 35.5. The summed E-state index contributed by atoms with van der Waals surface area (Å²) in [4.78, 5) is 0.981. The van der Waals surface area contributed by atoms with Gasteiger partial charge in [0.2, 0.25) is 0 Å². The van der Waals surface area contributed by atoms with E-state index in [1.54, 1.807) is 18.2 Å². The Morgan fingerprint density at radius 3 is 2.41 bits per heavy atom. The molecular weight excluding hydrogens is 256 g/mol. The van der Waals surface area contributed by atoms with Crippen molar-refractivity contribution in [1.29, 1.82) is 0 Å². The van der Waals surface area contributed by atoms with E-state index in [2.05, 4.69) is 0 Å². The monoisotopic (exact) mass is 266 g/mol. The number of phenolic OH excluding ortho intramolecular Hbond substituents is 1. The fourth-order valence-electron chi connectivity index (χ4n) is 1.43. The van der Waals surface area contributed by atoms with Gasteiger partial charge < -0.3 is 5.11 Å². The van der Waals surface area contributed by atoms with Crippen LogP contribution in [0.15, 0.2) is 52.3 Å². The van der Waals surface area contributed by atoms with Gasteiger partial charge in [0, 0.05) is 9.92 Å². The number of hydrogen-bond donors (Lipinski definition) is 1. The molecule has 0 bridgehead atoms. The van der Waals surface area contributed by atoms with Crippen molar-refractivity contribution in [3.8, 4) is 5.75 Å². The molecule has 2 nitrogen and oxygen atoms in total. The van der Waals surface area contributed by atoms with E-state index in [9.17, 15) is 9.32 Å². The van der Waals surface area contributed by atoms with Crippen molar-refractivity contribution in [2.75, 3.05) is 0 Å². The summed E-state index contributed by atoms with van der Waals surface area (Å²) in [6.07, 6.45) is 0. The summed E-state index contributed by atoms with van der Waals surface area (Å²) in [5.74, 6) is -0.00620. The van der Waals surface area contributed by atoms with Gasteiger partial charge in [0.25, 0.3) is 0 Å². The first-order valence-electron chi connectivity index (χ1n) is 5.05. The molecule has 2 rings (SSSR count). The Kier molecular flexibility index (Phi) is 3.50. The maximum atomic E-state index is 12.2. The van der Waals surface area contributed by atoms with Crippen LogP contribution < -0.4 is 0 Å². The minimum Gasteiger partial charge on any atom is -0.507 e. The lowest BCUT2D eigenvalue weighted by atomic mass is 10.2. The molecule has 1 unspecified atom stereocenters. The van der Waals surface area contributed by atoms with Crippen molar-refractivity contribution in [2.45, 2.75) is 16.7 Å². The molecule has 0 aliphatic heterocycles. The van der Waals surface area contributed by atoms with E-state index in [4.69, 9.17) is 11.6 Å². The quantitative estimate of drug-likeness (QED) is 0.903. The Balaban J connectivity index is 2.43. The predicted molar refractivity (Wildman–Crippen MR) is 69.0 cm³/mol. The Bertz CT molecular complexity index is 564. The zero-order valence-electron chi connectivity index (χ0n) is 9.18. The molecule has 4 heteroatoms. The van der Waals surface area contributed by atoms with Crippen molar-refractivity contribution >= 4 is 22.4 Å². The summed E-state index contributed by atoms with van der Waals surface area (Å²) in [6.45, 7) is 1.96. The van der Waals surface area contributed by atoms with Crippen molar-refractivity contribution in [3.63, 3.8) is 0 Å². The second-order valence-electron chi connectivity index (χ2n) is 3.69. The Hall–Kier alpha value is -1.32. The molecule has 0 amide bonds. The van der Waals surface area contributed by atoms with Crippen LogP contribution in [0.25, 0.3) is 0 Å². The average Bonchev–Trinajstić information content (AvgIpc) is 2.32. The first-order chi connectivity index (χ1) is 8.08.